The molecular formula is C11H10O3. The van der Waals surface area contributed by atoms with Crippen LogP contribution in [0.5, 0.6) is 5.75 Å². The van der Waals surface area contributed by atoms with E-state index in [1.165, 1.54) is 18.4 Å². The van der Waals surface area contributed by atoms with Crippen molar-refractivity contribution in [2.24, 2.45) is 0 Å². The SMILES string of the molecule is O=C(O)C=CC=COc1ccccc1. The van der Waals surface area contributed by atoms with Crippen molar-refractivity contribution in [3.8, 4) is 5.75 Å². The molecule has 0 radical (unpaired) electrons. The van der Waals surface area contributed by atoms with Crippen LogP contribution in [0.4, 0.5) is 0 Å². The molecule has 1 aromatic rings. The zero-order valence-corrected chi connectivity index (χ0v) is 7.46. The van der Waals surface area contributed by atoms with E-state index in [1.54, 1.807) is 0 Å². The number of rotatable bonds is 4. The number of carboxylic acids is 1. The van der Waals surface area contributed by atoms with E-state index < -0.39 is 5.97 Å². The first kappa shape index (κ1) is 10.1. The van der Waals surface area contributed by atoms with Gasteiger partial charge in [0.25, 0.3) is 0 Å². The highest BCUT2D eigenvalue weighted by Gasteiger charge is 1.84. The van der Waals surface area contributed by atoms with Crippen molar-refractivity contribution in [2.45, 2.75) is 0 Å². The van der Waals surface area contributed by atoms with Crippen molar-refractivity contribution in [1.82, 2.24) is 0 Å². The first-order valence-electron chi connectivity index (χ1n) is 4.07. The average molecular weight is 190 g/mol. The molecule has 0 aliphatic heterocycles. The van der Waals surface area contributed by atoms with E-state index >= 15 is 0 Å². The van der Waals surface area contributed by atoms with Gasteiger partial charge in [-0.3, -0.25) is 0 Å². The summed E-state index contributed by atoms with van der Waals surface area (Å²) >= 11 is 0. The van der Waals surface area contributed by atoms with Crippen LogP contribution in [0.1, 0.15) is 0 Å². The highest BCUT2D eigenvalue weighted by molar-refractivity contribution is 5.80. The van der Waals surface area contributed by atoms with E-state index in [9.17, 15) is 4.79 Å². The van der Waals surface area contributed by atoms with Gasteiger partial charge in [-0.15, -0.1) is 0 Å². The van der Waals surface area contributed by atoms with Gasteiger partial charge in [-0.25, -0.2) is 4.79 Å². The monoisotopic (exact) mass is 190 g/mol. The maximum Gasteiger partial charge on any atom is 0.328 e. The van der Waals surface area contributed by atoms with Crippen LogP contribution in [0.25, 0.3) is 0 Å². The second kappa shape index (κ2) is 5.59. The third kappa shape index (κ3) is 4.11. The second-order valence-corrected chi connectivity index (χ2v) is 2.46. The van der Waals surface area contributed by atoms with Gasteiger partial charge in [0.2, 0.25) is 0 Å². The lowest BCUT2D eigenvalue weighted by Gasteiger charge is -1.96. The van der Waals surface area contributed by atoms with Crippen LogP contribution < -0.4 is 4.74 Å². The van der Waals surface area contributed by atoms with Crippen LogP contribution in [-0.2, 0) is 4.79 Å². The first-order chi connectivity index (χ1) is 6.79. The molecule has 0 aromatic heterocycles. The first-order valence-corrected chi connectivity index (χ1v) is 4.07. The van der Waals surface area contributed by atoms with Gasteiger partial charge in [0.1, 0.15) is 5.75 Å². The number of hydrogen-bond donors (Lipinski definition) is 1. The van der Waals surface area contributed by atoms with Gasteiger partial charge in [-0.2, -0.15) is 0 Å². The molecule has 0 aliphatic carbocycles. The Morgan fingerprint density at radius 3 is 2.57 bits per heavy atom. The summed E-state index contributed by atoms with van der Waals surface area (Å²) in [5.41, 5.74) is 0. The van der Waals surface area contributed by atoms with Gasteiger partial charge in [-0.05, 0) is 18.2 Å². The van der Waals surface area contributed by atoms with Crippen LogP contribution >= 0.6 is 0 Å². The molecule has 0 fully saturated rings. The summed E-state index contributed by atoms with van der Waals surface area (Å²) in [5, 5.41) is 8.27. The standard InChI is InChI=1S/C11H10O3/c12-11(13)8-4-5-9-14-10-6-2-1-3-7-10/h1-9H,(H,12,13). The Balaban J connectivity index is 2.38. The quantitative estimate of drug-likeness (QED) is 0.450. The van der Waals surface area contributed by atoms with Gasteiger partial charge >= 0.3 is 5.97 Å². The molecule has 0 spiro atoms. The summed E-state index contributed by atoms with van der Waals surface area (Å²) in [4.78, 5) is 10.1. The third-order valence-corrected chi connectivity index (χ3v) is 1.38. The average Bonchev–Trinajstić information content (AvgIpc) is 2.18. The van der Waals surface area contributed by atoms with Crippen LogP contribution in [0.15, 0.2) is 54.8 Å². The van der Waals surface area contributed by atoms with E-state index in [2.05, 4.69) is 0 Å². The highest BCUT2D eigenvalue weighted by atomic mass is 16.5. The molecule has 1 N–H and O–H groups in total. The Morgan fingerprint density at radius 1 is 1.21 bits per heavy atom. The van der Waals surface area contributed by atoms with Crippen molar-refractivity contribution in [3.05, 3.63) is 54.8 Å². The molecule has 1 rings (SSSR count). The van der Waals surface area contributed by atoms with Gasteiger partial charge < -0.3 is 9.84 Å². The minimum absolute atomic E-state index is 0.715. The summed E-state index contributed by atoms with van der Waals surface area (Å²) in [6, 6.07) is 9.23. The topological polar surface area (TPSA) is 46.5 Å². The van der Waals surface area contributed by atoms with Gasteiger partial charge in [0.15, 0.2) is 0 Å². The Hall–Kier alpha value is -2.03. The molecular weight excluding hydrogens is 180 g/mol. The number of para-hydroxylation sites is 1. The van der Waals surface area contributed by atoms with E-state index in [-0.39, 0.29) is 0 Å². The number of benzene rings is 1. The number of hydrogen-bond acceptors (Lipinski definition) is 2. The summed E-state index contributed by atoms with van der Waals surface area (Å²) in [6.45, 7) is 0. The molecule has 14 heavy (non-hydrogen) atoms. The van der Waals surface area contributed by atoms with Crippen molar-refractivity contribution in [3.63, 3.8) is 0 Å². The summed E-state index contributed by atoms with van der Waals surface area (Å²) in [7, 11) is 0. The zero-order chi connectivity index (χ0) is 10.2. The van der Waals surface area contributed by atoms with Crippen LogP contribution in [0.3, 0.4) is 0 Å². The summed E-state index contributed by atoms with van der Waals surface area (Å²) in [5.74, 6) is -0.262. The maximum atomic E-state index is 10.1. The molecule has 0 aliphatic rings. The molecule has 3 nitrogen and oxygen atoms in total. The van der Waals surface area contributed by atoms with E-state index in [0.29, 0.717) is 5.75 Å². The molecule has 0 bridgehead atoms. The molecule has 0 atom stereocenters. The molecule has 0 heterocycles. The number of ether oxygens (including phenoxy) is 1. The fourth-order valence-corrected chi connectivity index (χ4v) is 0.800. The highest BCUT2D eigenvalue weighted by Crippen LogP contribution is 2.07. The Kier molecular flexibility index (Phi) is 4.01. The maximum absolute atomic E-state index is 10.1. The van der Waals surface area contributed by atoms with Crippen molar-refractivity contribution < 1.29 is 14.6 Å². The van der Waals surface area contributed by atoms with Gasteiger partial charge in [0.05, 0.1) is 6.26 Å². The number of aliphatic carboxylic acids is 1. The van der Waals surface area contributed by atoms with Crippen molar-refractivity contribution in [1.29, 1.82) is 0 Å². The molecule has 0 saturated carbocycles. The summed E-state index contributed by atoms with van der Waals surface area (Å²) in [6.07, 6.45) is 5.37. The predicted octanol–water partition coefficient (Wildman–Crippen LogP) is 2.22. The van der Waals surface area contributed by atoms with E-state index in [1.807, 2.05) is 30.3 Å². The fourth-order valence-electron chi connectivity index (χ4n) is 0.800. The lowest BCUT2D eigenvalue weighted by molar-refractivity contribution is -0.131. The van der Waals surface area contributed by atoms with Crippen molar-refractivity contribution >= 4 is 5.97 Å². The van der Waals surface area contributed by atoms with Crippen LogP contribution in [0, 0.1) is 0 Å². The number of carbonyl (C=O) groups is 1. The predicted molar refractivity (Wildman–Crippen MR) is 53.0 cm³/mol. The van der Waals surface area contributed by atoms with Crippen LogP contribution in [-0.4, -0.2) is 11.1 Å². The zero-order valence-electron chi connectivity index (χ0n) is 7.46. The summed E-state index contributed by atoms with van der Waals surface area (Å²) < 4.78 is 5.16. The normalized spacial score (nSPS) is 10.9. The van der Waals surface area contributed by atoms with Crippen LogP contribution in [0.2, 0.25) is 0 Å². The number of carboxylic acid groups (broad SMARTS) is 1. The lowest BCUT2D eigenvalue weighted by atomic mass is 10.3. The minimum atomic E-state index is -0.977. The largest absolute Gasteiger partial charge is 0.478 e. The molecule has 0 unspecified atom stereocenters. The van der Waals surface area contributed by atoms with Gasteiger partial charge in [0, 0.05) is 6.08 Å². The second-order valence-electron chi connectivity index (χ2n) is 2.46. The number of allylic oxidation sites excluding steroid dienone is 2. The minimum Gasteiger partial charge on any atom is -0.478 e. The smallest absolute Gasteiger partial charge is 0.328 e. The van der Waals surface area contributed by atoms with Gasteiger partial charge in [-0.1, -0.05) is 24.3 Å². The molecule has 0 amide bonds. The van der Waals surface area contributed by atoms with Crippen molar-refractivity contribution in [2.75, 3.05) is 0 Å². The fraction of sp³-hybridized carbons (Fsp3) is 0. The third-order valence-electron chi connectivity index (χ3n) is 1.38. The Labute approximate surface area is 81.9 Å². The van der Waals surface area contributed by atoms with E-state index in [4.69, 9.17) is 9.84 Å². The Bertz CT molecular complexity index is 339. The molecule has 3 heteroatoms. The lowest BCUT2D eigenvalue weighted by Crippen LogP contribution is -1.84. The molecule has 1 aromatic carbocycles. The Morgan fingerprint density at radius 2 is 1.93 bits per heavy atom. The molecule has 0 saturated heterocycles. The van der Waals surface area contributed by atoms with E-state index in [0.717, 1.165) is 6.08 Å². The molecule has 72 valence electrons.